The summed E-state index contributed by atoms with van der Waals surface area (Å²) in [5, 5.41) is 4.63. The van der Waals surface area contributed by atoms with Crippen molar-refractivity contribution < 1.29 is 4.74 Å². The Morgan fingerprint density at radius 3 is 2.60 bits per heavy atom. The minimum absolute atomic E-state index is 0.382. The predicted octanol–water partition coefficient (Wildman–Crippen LogP) is 4.58. The zero-order valence-electron chi connectivity index (χ0n) is 12.7. The van der Waals surface area contributed by atoms with Crippen molar-refractivity contribution >= 4 is 11.6 Å². The second kappa shape index (κ2) is 7.44. The number of nitrogens with one attached hydrogen (secondary N) is 1. The van der Waals surface area contributed by atoms with Crippen molar-refractivity contribution in [1.29, 1.82) is 0 Å². The molecule has 3 unspecified atom stereocenters. The van der Waals surface area contributed by atoms with Gasteiger partial charge < -0.3 is 10.1 Å². The Bertz CT molecular complexity index is 404. The molecular weight excluding hydrogens is 270 g/mol. The molecule has 1 N–H and O–H groups in total. The Kier molecular flexibility index (Phi) is 5.88. The zero-order chi connectivity index (χ0) is 14.5. The van der Waals surface area contributed by atoms with E-state index >= 15 is 0 Å². The van der Waals surface area contributed by atoms with Crippen molar-refractivity contribution in [3.63, 3.8) is 0 Å². The van der Waals surface area contributed by atoms with Gasteiger partial charge in [0.25, 0.3) is 0 Å². The van der Waals surface area contributed by atoms with Crippen LogP contribution in [0.5, 0.6) is 0 Å². The van der Waals surface area contributed by atoms with Crippen LogP contribution in [0.15, 0.2) is 24.3 Å². The van der Waals surface area contributed by atoms with Gasteiger partial charge in [0, 0.05) is 23.7 Å². The number of benzene rings is 1. The lowest BCUT2D eigenvalue weighted by Gasteiger charge is -2.34. The van der Waals surface area contributed by atoms with Crippen LogP contribution >= 0.6 is 11.6 Å². The van der Waals surface area contributed by atoms with E-state index < -0.39 is 0 Å². The first kappa shape index (κ1) is 15.8. The van der Waals surface area contributed by atoms with Crippen molar-refractivity contribution in [2.24, 2.45) is 5.92 Å². The summed E-state index contributed by atoms with van der Waals surface area (Å²) in [6, 6.07) is 9.16. The number of hydrogen-bond donors (Lipinski definition) is 1. The van der Waals surface area contributed by atoms with Crippen molar-refractivity contribution in [2.45, 2.75) is 58.2 Å². The fraction of sp³-hybridized carbons (Fsp3) is 0.647. The van der Waals surface area contributed by atoms with Crippen LogP contribution in [0.3, 0.4) is 0 Å². The van der Waals surface area contributed by atoms with Gasteiger partial charge in [-0.3, -0.25) is 0 Å². The summed E-state index contributed by atoms with van der Waals surface area (Å²) < 4.78 is 5.76. The van der Waals surface area contributed by atoms with Gasteiger partial charge in [0.05, 0.1) is 6.10 Å². The van der Waals surface area contributed by atoms with Crippen molar-refractivity contribution in [3.05, 3.63) is 34.9 Å². The molecule has 112 valence electrons. The first-order valence-corrected chi connectivity index (χ1v) is 8.11. The summed E-state index contributed by atoms with van der Waals surface area (Å²) in [5.74, 6) is 0.555. The van der Waals surface area contributed by atoms with E-state index in [1.165, 1.54) is 5.56 Å². The van der Waals surface area contributed by atoms with Gasteiger partial charge >= 0.3 is 0 Å². The zero-order valence-corrected chi connectivity index (χ0v) is 13.5. The topological polar surface area (TPSA) is 21.3 Å². The maximum Gasteiger partial charge on any atom is 0.0587 e. The van der Waals surface area contributed by atoms with E-state index in [0.717, 1.165) is 30.9 Å². The Morgan fingerprint density at radius 2 is 2.00 bits per heavy atom. The van der Waals surface area contributed by atoms with E-state index in [0.29, 0.717) is 24.1 Å². The van der Waals surface area contributed by atoms with E-state index in [-0.39, 0.29) is 0 Å². The van der Waals surface area contributed by atoms with E-state index in [1.54, 1.807) is 0 Å². The van der Waals surface area contributed by atoms with Gasteiger partial charge in [-0.05, 0) is 42.9 Å². The molecule has 1 saturated heterocycles. The summed E-state index contributed by atoms with van der Waals surface area (Å²) in [7, 11) is 0. The van der Waals surface area contributed by atoms with Crippen LogP contribution in [0.25, 0.3) is 0 Å². The molecular formula is C17H26ClNO. The third kappa shape index (κ3) is 4.21. The van der Waals surface area contributed by atoms with Crippen LogP contribution in [0, 0.1) is 5.92 Å². The Labute approximate surface area is 127 Å². The second-order valence-corrected chi connectivity index (χ2v) is 6.50. The standard InChI is InChI=1S/C17H26ClNO/c1-4-16-11-15(9-10-20-16)19-17(12(2)3)13-5-7-14(18)8-6-13/h5-8,12,15-17,19H,4,9-11H2,1-3H3. The smallest absolute Gasteiger partial charge is 0.0587 e. The van der Waals surface area contributed by atoms with E-state index in [4.69, 9.17) is 16.3 Å². The van der Waals surface area contributed by atoms with E-state index in [1.807, 2.05) is 12.1 Å². The molecule has 3 atom stereocenters. The van der Waals surface area contributed by atoms with Crippen LogP contribution in [0.1, 0.15) is 51.6 Å². The van der Waals surface area contributed by atoms with Gasteiger partial charge in [-0.25, -0.2) is 0 Å². The highest BCUT2D eigenvalue weighted by Crippen LogP contribution is 2.26. The largest absolute Gasteiger partial charge is 0.378 e. The lowest BCUT2D eigenvalue weighted by molar-refractivity contribution is -0.00304. The van der Waals surface area contributed by atoms with Crippen LogP contribution in [0.4, 0.5) is 0 Å². The average Bonchev–Trinajstić information content (AvgIpc) is 2.46. The molecule has 0 radical (unpaired) electrons. The Balaban J connectivity index is 2.04. The number of ether oxygens (including phenoxy) is 1. The molecule has 2 rings (SSSR count). The van der Waals surface area contributed by atoms with Crippen molar-refractivity contribution in [3.8, 4) is 0 Å². The highest BCUT2D eigenvalue weighted by Gasteiger charge is 2.25. The Morgan fingerprint density at radius 1 is 1.30 bits per heavy atom. The highest BCUT2D eigenvalue weighted by atomic mass is 35.5. The second-order valence-electron chi connectivity index (χ2n) is 6.06. The number of rotatable bonds is 5. The molecule has 0 saturated carbocycles. The molecule has 20 heavy (non-hydrogen) atoms. The summed E-state index contributed by atoms with van der Waals surface area (Å²) >= 11 is 5.99. The van der Waals surface area contributed by atoms with Gasteiger partial charge in [0.1, 0.15) is 0 Å². The maximum atomic E-state index is 5.99. The molecule has 0 aliphatic carbocycles. The van der Waals surface area contributed by atoms with Gasteiger partial charge in [-0.15, -0.1) is 0 Å². The van der Waals surface area contributed by atoms with Crippen LogP contribution < -0.4 is 5.32 Å². The summed E-state index contributed by atoms with van der Waals surface area (Å²) in [6.07, 6.45) is 3.74. The van der Waals surface area contributed by atoms with E-state index in [9.17, 15) is 0 Å². The molecule has 0 aromatic heterocycles. The quantitative estimate of drug-likeness (QED) is 0.858. The fourth-order valence-electron chi connectivity index (χ4n) is 2.91. The number of halogens is 1. The molecule has 1 fully saturated rings. The molecule has 1 aromatic carbocycles. The summed E-state index contributed by atoms with van der Waals surface area (Å²) in [6.45, 7) is 7.61. The molecule has 0 amide bonds. The Hall–Kier alpha value is -0.570. The summed E-state index contributed by atoms with van der Waals surface area (Å²) in [4.78, 5) is 0. The van der Waals surface area contributed by atoms with Crippen molar-refractivity contribution in [2.75, 3.05) is 6.61 Å². The monoisotopic (exact) mass is 295 g/mol. The van der Waals surface area contributed by atoms with Crippen LogP contribution in [-0.4, -0.2) is 18.8 Å². The third-order valence-electron chi connectivity index (χ3n) is 4.13. The lowest BCUT2D eigenvalue weighted by Crippen LogP contribution is -2.42. The van der Waals surface area contributed by atoms with Crippen molar-refractivity contribution in [1.82, 2.24) is 5.32 Å². The molecule has 1 aliphatic rings. The van der Waals surface area contributed by atoms with Gasteiger partial charge in [-0.2, -0.15) is 0 Å². The van der Waals surface area contributed by atoms with E-state index in [2.05, 4.69) is 38.2 Å². The minimum atomic E-state index is 0.382. The van der Waals surface area contributed by atoms with Gasteiger partial charge in [0.2, 0.25) is 0 Å². The van der Waals surface area contributed by atoms with Gasteiger partial charge in [-0.1, -0.05) is 44.5 Å². The molecule has 1 heterocycles. The SMILES string of the molecule is CCC1CC(NC(c2ccc(Cl)cc2)C(C)C)CCO1. The molecule has 1 aromatic rings. The third-order valence-corrected chi connectivity index (χ3v) is 4.39. The highest BCUT2D eigenvalue weighted by molar-refractivity contribution is 6.30. The first-order valence-electron chi connectivity index (χ1n) is 7.73. The van der Waals surface area contributed by atoms with Crippen LogP contribution in [-0.2, 0) is 4.74 Å². The molecule has 0 spiro atoms. The minimum Gasteiger partial charge on any atom is -0.378 e. The average molecular weight is 296 g/mol. The number of hydrogen-bond acceptors (Lipinski definition) is 2. The van der Waals surface area contributed by atoms with Crippen LogP contribution in [0.2, 0.25) is 5.02 Å². The molecule has 3 heteroatoms. The summed E-state index contributed by atoms with van der Waals surface area (Å²) in [5.41, 5.74) is 1.32. The first-order chi connectivity index (χ1) is 9.60. The normalized spacial score (nSPS) is 24.9. The lowest BCUT2D eigenvalue weighted by atomic mass is 9.93. The molecule has 0 bridgehead atoms. The predicted molar refractivity (Wildman–Crippen MR) is 85.2 cm³/mol. The maximum absolute atomic E-state index is 5.99. The molecule has 2 nitrogen and oxygen atoms in total. The fourth-order valence-corrected chi connectivity index (χ4v) is 3.04. The molecule has 1 aliphatic heterocycles. The van der Waals surface area contributed by atoms with Gasteiger partial charge in [0.15, 0.2) is 0 Å².